The number of rotatable bonds is 3. The zero-order valence-corrected chi connectivity index (χ0v) is 11.7. The normalized spacial score (nSPS) is 44.0. The van der Waals surface area contributed by atoms with Gasteiger partial charge in [0.05, 0.1) is 17.9 Å². The minimum atomic E-state index is -2.25. The topological polar surface area (TPSA) is 77.8 Å². The summed E-state index contributed by atoms with van der Waals surface area (Å²) in [5.41, 5.74) is 0.205. The summed E-state index contributed by atoms with van der Waals surface area (Å²) in [6.45, 7) is 0. The molecule has 21 heavy (non-hydrogen) atoms. The Kier molecular flexibility index (Phi) is 2.97. The third-order valence-electron chi connectivity index (χ3n) is 4.53. The third kappa shape index (κ3) is 2.17. The van der Waals surface area contributed by atoms with Crippen molar-refractivity contribution in [2.24, 2.45) is 11.8 Å². The van der Waals surface area contributed by atoms with Gasteiger partial charge >= 0.3 is 5.97 Å². The molecule has 0 aromatic heterocycles. The van der Waals surface area contributed by atoms with Gasteiger partial charge in [-0.05, 0) is 19.9 Å². The lowest BCUT2D eigenvalue weighted by atomic mass is 9.76. The Hall–Kier alpha value is -1.72. The molecule has 0 spiro atoms. The molecule has 5 nitrogen and oxygen atoms in total. The number of aliphatic hydroxyl groups is 1. The van der Waals surface area contributed by atoms with Gasteiger partial charge < -0.3 is 10.2 Å². The van der Waals surface area contributed by atoms with Crippen molar-refractivity contribution in [3.8, 4) is 0 Å². The second kappa shape index (κ2) is 5.24. The molecule has 0 amide bonds. The monoisotopic (exact) mass is 291 g/mol. The largest absolute Gasteiger partial charge is 0.481 e. The molecule has 2 saturated heterocycles. The maximum atomic E-state index is 13.0. The van der Waals surface area contributed by atoms with Gasteiger partial charge in [-0.2, -0.15) is 0 Å². The Morgan fingerprint density at radius 1 is 1.29 bits per heavy atom. The highest BCUT2D eigenvalue weighted by Crippen LogP contribution is 2.43. The summed E-state index contributed by atoms with van der Waals surface area (Å²) >= 11 is 0. The molecular formula is C16H19NO4. The molecule has 2 aliphatic heterocycles. The zero-order valence-electron chi connectivity index (χ0n) is 13.7. The van der Waals surface area contributed by atoms with Crippen molar-refractivity contribution in [2.45, 2.75) is 31.0 Å². The van der Waals surface area contributed by atoms with Gasteiger partial charge in [0, 0.05) is 20.4 Å². The first-order chi connectivity index (χ1) is 10.7. The van der Waals surface area contributed by atoms with E-state index in [9.17, 15) is 19.8 Å². The number of ketones is 1. The van der Waals surface area contributed by atoms with E-state index in [-0.39, 0.29) is 12.0 Å². The molecule has 1 unspecified atom stereocenters. The minimum absolute atomic E-state index is 0.178. The lowest BCUT2D eigenvalue weighted by molar-refractivity contribution is -0.154. The Bertz CT molecular complexity index is 655. The fraction of sp³-hybridized carbons (Fsp3) is 0.500. The van der Waals surface area contributed by atoms with Crippen molar-refractivity contribution in [3.63, 3.8) is 0 Å². The molecular weight excluding hydrogens is 270 g/mol. The van der Waals surface area contributed by atoms with Crippen molar-refractivity contribution >= 4 is 11.8 Å². The van der Waals surface area contributed by atoms with E-state index in [1.54, 1.807) is 25.2 Å². The van der Waals surface area contributed by atoms with Crippen LogP contribution in [0.2, 0.25) is 0 Å². The molecule has 0 radical (unpaired) electrons. The second-order valence-electron chi connectivity index (χ2n) is 5.58. The van der Waals surface area contributed by atoms with Gasteiger partial charge in [0.2, 0.25) is 0 Å². The van der Waals surface area contributed by atoms with E-state index in [1.165, 1.54) is 17.0 Å². The van der Waals surface area contributed by atoms with Crippen LogP contribution < -0.4 is 0 Å². The molecule has 5 heteroatoms. The quantitative estimate of drug-likeness (QED) is 0.813. The highest BCUT2D eigenvalue weighted by molar-refractivity contribution is 5.99. The van der Waals surface area contributed by atoms with E-state index >= 15 is 0 Å². The molecule has 112 valence electrons. The summed E-state index contributed by atoms with van der Waals surface area (Å²) < 4.78 is 17.4. The number of nitrogens with zero attached hydrogens (tertiary/aromatic N) is 1. The summed E-state index contributed by atoms with van der Waals surface area (Å²) in [4.78, 5) is 26.0. The van der Waals surface area contributed by atoms with Crippen molar-refractivity contribution in [2.75, 3.05) is 7.05 Å². The molecule has 2 heterocycles. The summed E-state index contributed by atoms with van der Waals surface area (Å²) in [6, 6.07) is 5.85. The maximum absolute atomic E-state index is 13.0. The smallest absolute Gasteiger partial charge is 0.310 e. The van der Waals surface area contributed by atoms with Gasteiger partial charge in [-0.3, -0.25) is 14.5 Å². The van der Waals surface area contributed by atoms with Crippen LogP contribution in [0, 0.1) is 11.8 Å². The fourth-order valence-corrected chi connectivity index (χ4v) is 3.47. The van der Waals surface area contributed by atoms with Crippen LogP contribution in [-0.4, -0.2) is 52.1 Å². The van der Waals surface area contributed by atoms with Gasteiger partial charge in [0.1, 0.15) is 0 Å². The van der Waals surface area contributed by atoms with Crippen molar-refractivity contribution in [1.82, 2.24) is 4.90 Å². The van der Waals surface area contributed by atoms with Crippen LogP contribution >= 0.6 is 0 Å². The van der Waals surface area contributed by atoms with Crippen molar-refractivity contribution < 1.29 is 22.5 Å². The molecule has 0 aliphatic carbocycles. The standard InChI is InChI=1S/C16H19NO4/c1-17-10-7-8-11(17)13(16(20)21)15(19)12(10)14(18)9-5-3-2-4-6-9/h2-6,10-13,15,19H,7-8H2,1H3,(H,20,21)/t10-,11+,12?,13+,15-/m0/s1/i10D,12D. The molecule has 5 atom stereocenters. The van der Waals surface area contributed by atoms with E-state index in [0.717, 1.165) is 0 Å². The molecule has 2 N–H and O–H groups in total. The number of carbonyl (C=O) groups is 2. The van der Waals surface area contributed by atoms with Crippen LogP contribution in [0.25, 0.3) is 0 Å². The van der Waals surface area contributed by atoms with Crippen molar-refractivity contribution in [3.05, 3.63) is 35.9 Å². The summed E-state index contributed by atoms with van der Waals surface area (Å²) in [6.07, 6.45) is -1.18. The number of Topliss-reactive ketones (excluding diaryl/α,β-unsaturated/α-hetero) is 1. The van der Waals surface area contributed by atoms with Crippen LogP contribution in [0.15, 0.2) is 30.3 Å². The predicted octanol–water partition coefficient (Wildman–Crippen LogP) is 1.02. The van der Waals surface area contributed by atoms with Crippen LogP contribution in [0.4, 0.5) is 0 Å². The lowest BCUT2D eigenvalue weighted by Gasteiger charge is -2.43. The first-order valence-electron chi connectivity index (χ1n) is 7.99. The average Bonchev–Trinajstić information content (AvgIpc) is 2.79. The van der Waals surface area contributed by atoms with Crippen molar-refractivity contribution in [1.29, 1.82) is 0 Å². The van der Waals surface area contributed by atoms with Gasteiger partial charge in [-0.25, -0.2) is 0 Å². The number of hydrogen-bond donors (Lipinski definition) is 2. The number of aliphatic hydroxyl groups excluding tert-OH is 1. The van der Waals surface area contributed by atoms with E-state index in [2.05, 4.69) is 0 Å². The Morgan fingerprint density at radius 2 is 1.95 bits per heavy atom. The summed E-state index contributed by atoms with van der Waals surface area (Å²) in [5.74, 6) is -5.46. The van der Waals surface area contributed by atoms with Crippen LogP contribution in [0.1, 0.15) is 25.9 Å². The average molecular weight is 291 g/mol. The third-order valence-corrected chi connectivity index (χ3v) is 4.53. The fourth-order valence-electron chi connectivity index (χ4n) is 3.47. The number of benzene rings is 1. The first-order valence-corrected chi connectivity index (χ1v) is 6.99. The van der Waals surface area contributed by atoms with E-state index in [1.807, 2.05) is 0 Å². The summed E-state index contributed by atoms with van der Waals surface area (Å²) in [7, 11) is 1.56. The molecule has 2 aliphatic rings. The molecule has 2 bridgehead atoms. The van der Waals surface area contributed by atoms with Gasteiger partial charge in [0.15, 0.2) is 5.78 Å². The minimum Gasteiger partial charge on any atom is -0.481 e. The van der Waals surface area contributed by atoms with Gasteiger partial charge in [-0.1, -0.05) is 30.3 Å². The number of aliphatic carboxylic acids is 1. The molecule has 2 fully saturated rings. The molecule has 0 saturated carbocycles. The van der Waals surface area contributed by atoms with E-state index in [4.69, 9.17) is 2.74 Å². The number of carbonyl (C=O) groups excluding carboxylic acids is 1. The van der Waals surface area contributed by atoms with Crippen LogP contribution in [0.5, 0.6) is 0 Å². The number of piperidine rings is 1. The summed E-state index contributed by atoms with van der Waals surface area (Å²) in [5, 5.41) is 20.1. The van der Waals surface area contributed by atoms with E-state index in [0.29, 0.717) is 6.42 Å². The van der Waals surface area contributed by atoms with Crippen LogP contribution in [-0.2, 0) is 4.79 Å². The van der Waals surface area contributed by atoms with Crippen LogP contribution in [0.3, 0.4) is 0 Å². The Labute approximate surface area is 126 Å². The number of hydrogen-bond acceptors (Lipinski definition) is 4. The lowest BCUT2D eigenvalue weighted by Crippen LogP contribution is -2.59. The predicted molar refractivity (Wildman–Crippen MR) is 76.0 cm³/mol. The number of fused-ring (bicyclic) bond motifs is 2. The Morgan fingerprint density at radius 3 is 2.57 bits per heavy atom. The zero-order chi connectivity index (χ0) is 17.0. The maximum Gasteiger partial charge on any atom is 0.310 e. The highest BCUT2D eigenvalue weighted by Gasteiger charge is 2.55. The first kappa shape index (κ1) is 11.9. The highest BCUT2D eigenvalue weighted by atomic mass is 16.4. The number of carboxylic acid groups (broad SMARTS) is 1. The second-order valence-corrected chi connectivity index (χ2v) is 5.58. The molecule has 1 aromatic rings. The van der Waals surface area contributed by atoms with Gasteiger partial charge in [0.25, 0.3) is 0 Å². The Balaban J connectivity index is 2.14. The SMILES string of the molecule is [2H]C1(C(=O)c2ccccc2)[C@H](O)[C@H](C(=O)O)[C@H]2CC[C@]1([2H])N2C. The number of carboxylic acids is 1. The molecule has 1 aromatic carbocycles. The molecule has 3 rings (SSSR count). The van der Waals surface area contributed by atoms with Gasteiger partial charge in [-0.15, -0.1) is 0 Å². The van der Waals surface area contributed by atoms with E-state index < -0.39 is 41.7 Å².